The zero-order valence-electron chi connectivity index (χ0n) is 12.2. The van der Waals surface area contributed by atoms with Gasteiger partial charge in [0.1, 0.15) is 12.4 Å². The van der Waals surface area contributed by atoms with E-state index in [0.29, 0.717) is 31.1 Å². The van der Waals surface area contributed by atoms with Crippen LogP contribution in [0.5, 0.6) is 0 Å². The molecule has 0 heterocycles. The highest BCUT2D eigenvalue weighted by molar-refractivity contribution is 5.79. The van der Waals surface area contributed by atoms with Gasteiger partial charge in [-0.2, -0.15) is 0 Å². The van der Waals surface area contributed by atoms with Gasteiger partial charge in [-0.15, -0.1) is 0 Å². The number of ether oxygens (including phenoxy) is 1. The molecule has 0 radical (unpaired) electrons. The van der Waals surface area contributed by atoms with Crippen molar-refractivity contribution in [3.63, 3.8) is 0 Å². The highest BCUT2D eigenvalue weighted by Gasteiger charge is 2.19. The molecule has 1 aromatic rings. The maximum Gasteiger partial charge on any atom is 0.329 e. The van der Waals surface area contributed by atoms with Crippen molar-refractivity contribution >= 4 is 11.8 Å². The Labute approximate surface area is 125 Å². The van der Waals surface area contributed by atoms with Gasteiger partial charge in [0.15, 0.2) is 0 Å². The molecule has 0 amide bonds. The number of rotatable bonds is 6. The van der Waals surface area contributed by atoms with Crippen LogP contribution in [0.2, 0.25) is 0 Å². The molecule has 1 unspecified atom stereocenters. The molecular weight excluding hydrogens is 268 g/mol. The lowest BCUT2D eigenvalue weighted by atomic mass is 9.91. The lowest BCUT2D eigenvalue weighted by molar-refractivity contribution is -0.142. The molecule has 1 N–H and O–H groups in total. The van der Waals surface area contributed by atoms with E-state index in [4.69, 9.17) is 9.84 Å². The number of hydrogen-bond acceptors (Lipinski definition) is 3. The van der Waals surface area contributed by atoms with Crippen LogP contribution in [-0.4, -0.2) is 30.1 Å². The first-order valence-electron chi connectivity index (χ1n) is 7.55. The van der Waals surface area contributed by atoms with Gasteiger partial charge in [0.2, 0.25) is 0 Å². The van der Waals surface area contributed by atoms with Crippen molar-refractivity contribution in [2.75, 3.05) is 13.2 Å². The smallest absolute Gasteiger partial charge is 0.329 e. The summed E-state index contributed by atoms with van der Waals surface area (Å²) in [6, 6.07) is 8.29. The third-order valence-electron chi connectivity index (χ3n) is 3.94. The van der Waals surface area contributed by atoms with Crippen molar-refractivity contribution in [3.8, 4) is 0 Å². The molecule has 0 aromatic heterocycles. The maximum atomic E-state index is 11.7. The summed E-state index contributed by atoms with van der Waals surface area (Å²) in [7, 11) is 0. The fourth-order valence-corrected chi connectivity index (χ4v) is 2.78. The van der Waals surface area contributed by atoms with Gasteiger partial charge in [0.25, 0.3) is 0 Å². The lowest BCUT2D eigenvalue weighted by Gasteiger charge is -2.14. The number of aliphatic carboxylic acids is 1. The Bertz CT molecular complexity index is 478. The van der Waals surface area contributed by atoms with Crippen LogP contribution in [0, 0.1) is 0 Å². The molecule has 2 rings (SSSR count). The number of carboxylic acids is 1. The molecule has 1 fully saturated rings. The van der Waals surface area contributed by atoms with Gasteiger partial charge in [-0.25, -0.2) is 4.79 Å². The molecule has 1 aliphatic rings. The van der Waals surface area contributed by atoms with Crippen molar-refractivity contribution in [3.05, 3.63) is 35.4 Å². The van der Waals surface area contributed by atoms with E-state index in [9.17, 15) is 9.59 Å². The van der Waals surface area contributed by atoms with Crippen molar-refractivity contribution in [1.82, 2.24) is 0 Å². The Morgan fingerprint density at radius 1 is 1.24 bits per heavy atom. The van der Waals surface area contributed by atoms with E-state index in [2.05, 4.69) is 24.3 Å². The first-order chi connectivity index (χ1) is 10.1. The summed E-state index contributed by atoms with van der Waals surface area (Å²) in [5.41, 5.74) is 2.37. The monoisotopic (exact) mass is 290 g/mol. The van der Waals surface area contributed by atoms with Crippen LogP contribution in [0.1, 0.15) is 49.1 Å². The summed E-state index contributed by atoms with van der Waals surface area (Å²) < 4.78 is 5.03. The first kappa shape index (κ1) is 15.7. The number of carbonyl (C=O) groups excluding carboxylic acids is 1. The Morgan fingerprint density at radius 3 is 2.71 bits per heavy atom. The zero-order chi connectivity index (χ0) is 15.1. The van der Waals surface area contributed by atoms with E-state index in [1.165, 1.54) is 5.56 Å². The topological polar surface area (TPSA) is 63.6 Å². The van der Waals surface area contributed by atoms with Gasteiger partial charge in [0, 0.05) is 12.8 Å². The fraction of sp³-hybridized carbons (Fsp3) is 0.529. The second-order valence-electron chi connectivity index (χ2n) is 5.62. The average Bonchev–Trinajstić information content (AvgIpc) is 2.69. The third kappa shape index (κ3) is 5.31. The minimum Gasteiger partial charge on any atom is -0.480 e. The zero-order valence-corrected chi connectivity index (χ0v) is 12.2. The van der Waals surface area contributed by atoms with Crippen LogP contribution < -0.4 is 0 Å². The second kappa shape index (κ2) is 7.93. The predicted octanol–water partition coefficient (Wildman–Crippen LogP) is 2.95. The average molecular weight is 290 g/mol. The number of carboxylic acid groups (broad SMARTS) is 1. The van der Waals surface area contributed by atoms with E-state index in [-0.39, 0.29) is 6.61 Å². The minimum atomic E-state index is -0.941. The van der Waals surface area contributed by atoms with E-state index < -0.39 is 5.97 Å². The molecule has 4 heteroatoms. The Morgan fingerprint density at radius 2 is 2.00 bits per heavy atom. The molecule has 21 heavy (non-hydrogen) atoms. The van der Waals surface area contributed by atoms with E-state index in [0.717, 1.165) is 31.2 Å². The van der Waals surface area contributed by atoms with E-state index in [1.807, 2.05) is 0 Å². The number of hydrogen-bond donors (Lipinski definition) is 1. The Balaban J connectivity index is 1.86. The molecule has 114 valence electrons. The molecule has 0 bridgehead atoms. The van der Waals surface area contributed by atoms with Crippen molar-refractivity contribution < 1.29 is 19.4 Å². The van der Waals surface area contributed by atoms with Crippen molar-refractivity contribution in [2.24, 2.45) is 0 Å². The summed E-state index contributed by atoms with van der Waals surface area (Å²) in [4.78, 5) is 22.0. The van der Waals surface area contributed by atoms with Crippen LogP contribution in [-0.2, 0) is 20.7 Å². The summed E-state index contributed by atoms with van der Waals surface area (Å²) in [6.45, 7) is 0.163. The van der Waals surface area contributed by atoms with Gasteiger partial charge in [0.05, 0.1) is 6.61 Å². The molecular formula is C17H22O4. The lowest BCUT2D eigenvalue weighted by Crippen LogP contribution is -2.09. The number of carbonyl (C=O) groups is 2. The van der Waals surface area contributed by atoms with Crippen LogP contribution in [0.25, 0.3) is 0 Å². The summed E-state index contributed by atoms with van der Waals surface area (Å²) >= 11 is 0. The standard InChI is InChI=1S/C17H22O4/c18-16-4-2-1-3-15(11-16)14-7-5-13(6-8-14)9-10-21-12-17(19)20/h5-8,15H,1-4,9-12H2,(H,19,20). The third-order valence-corrected chi connectivity index (χ3v) is 3.94. The maximum absolute atomic E-state index is 11.7. The quantitative estimate of drug-likeness (QED) is 0.646. The molecule has 0 spiro atoms. The van der Waals surface area contributed by atoms with Crippen LogP contribution >= 0.6 is 0 Å². The van der Waals surface area contributed by atoms with Gasteiger partial charge >= 0.3 is 5.97 Å². The molecule has 1 aromatic carbocycles. The van der Waals surface area contributed by atoms with Crippen LogP contribution in [0.3, 0.4) is 0 Å². The van der Waals surface area contributed by atoms with Crippen molar-refractivity contribution in [2.45, 2.75) is 44.4 Å². The number of benzene rings is 1. The summed E-state index contributed by atoms with van der Waals surface area (Å²) in [6.07, 6.45) is 5.34. The SMILES string of the molecule is O=C(O)COCCc1ccc(C2CCCCC(=O)C2)cc1. The highest BCUT2D eigenvalue weighted by atomic mass is 16.5. The van der Waals surface area contributed by atoms with Crippen LogP contribution in [0.15, 0.2) is 24.3 Å². The largest absolute Gasteiger partial charge is 0.480 e. The van der Waals surface area contributed by atoms with Gasteiger partial charge in [-0.1, -0.05) is 30.7 Å². The van der Waals surface area contributed by atoms with Crippen molar-refractivity contribution in [1.29, 1.82) is 0 Å². The summed E-state index contributed by atoms with van der Waals surface area (Å²) in [5, 5.41) is 8.48. The molecule has 1 atom stereocenters. The molecule has 4 nitrogen and oxygen atoms in total. The normalized spacial score (nSPS) is 19.2. The van der Waals surface area contributed by atoms with E-state index >= 15 is 0 Å². The van der Waals surface area contributed by atoms with Gasteiger partial charge in [-0.3, -0.25) is 4.79 Å². The highest BCUT2D eigenvalue weighted by Crippen LogP contribution is 2.30. The number of ketones is 1. The van der Waals surface area contributed by atoms with E-state index in [1.54, 1.807) is 0 Å². The number of Topliss-reactive ketones (excluding diaryl/α,β-unsaturated/α-hetero) is 1. The Hall–Kier alpha value is -1.68. The summed E-state index contributed by atoms with van der Waals surface area (Å²) in [5.74, 6) is -0.204. The first-order valence-corrected chi connectivity index (χ1v) is 7.55. The Kier molecular flexibility index (Phi) is 5.93. The van der Waals surface area contributed by atoms with Gasteiger partial charge < -0.3 is 9.84 Å². The second-order valence-corrected chi connectivity index (χ2v) is 5.62. The molecule has 0 saturated heterocycles. The fourth-order valence-electron chi connectivity index (χ4n) is 2.78. The molecule has 1 aliphatic carbocycles. The van der Waals surface area contributed by atoms with Crippen LogP contribution in [0.4, 0.5) is 0 Å². The molecule has 1 saturated carbocycles. The minimum absolute atomic E-state index is 0.248. The predicted molar refractivity (Wildman–Crippen MR) is 79.4 cm³/mol. The molecule has 0 aliphatic heterocycles. The van der Waals surface area contributed by atoms with Gasteiger partial charge in [-0.05, 0) is 36.3 Å².